The Bertz CT molecular complexity index is 174. The van der Waals surface area contributed by atoms with Gasteiger partial charge in [0, 0.05) is 6.54 Å². The Labute approximate surface area is 102 Å². The molecule has 0 heterocycles. The van der Waals surface area contributed by atoms with E-state index in [1.165, 1.54) is 64.5 Å². The maximum atomic E-state index is 3.68. The molecule has 1 rings (SSSR count). The lowest BCUT2D eigenvalue weighted by molar-refractivity contribution is 0.0640. The fraction of sp³-hybridized carbons (Fsp3) is 1.00. The molecule has 0 amide bonds. The van der Waals surface area contributed by atoms with Crippen LogP contribution in [0.5, 0.6) is 0 Å². The highest BCUT2D eigenvalue weighted by Gasteiger charge is 2.39. The van der Waals surface area contributed by atoms with Gasteiger partial charge in [0.2, 0.25) is 0 Å². The number of unbranched alkanes of at least 4 members (excludes halogenated alkanes) is 1. The summed E-state index contributed by atoms with van der Waals surface area (Å²) in [6.45, 7) is 9.45. The molecule has 1 unspecified atom stereocenters. The van der Waals surface area contributed by atoms with Crippen molar-refractivity contribution >= 4 is 0 Å². The Balaban J connectivity index is 2.48. The van der Waals surface area contributed by atoms with Crippen molar-refractivity contribution in [1.82, 2.24) is 5.32 Å². The van der Waals surface area contributed by atoms with Crippen molar-refractivity contribution in [2.75, 3.05) is 13.1 Å². The summed E-state index contributed by atoms with van der Waals surface area (Å²) in [4.78, 5) is 0. The van der Waals surface area contributed by atoms with Crippen LogP contribution < -0.4 is 5.32 Å². The molecule has 0 aromatic carbocycles. The standard InChI is InChI=1S/C15H31N/c1-4-7-11-15(6-3,13-16-12-5-2)14-9-8-10-14/h14,16H,4-13H2,1-3H3. The second-order valence-electron chi connectivity index (χ2n) is 5.62. The van der Waals surface area contributed by atoms with E-state index in [0.717, 1.165) is 5.92 Å². The lowest BCUT2D eigenvalue weighted by Crippen LogP contribution is -2.43. The molecule has 0 spiro atoms. The maximum absolute atomic E-state index is 3.68. The highest BCUT2D eigenvalue weighted by Crippen LogP contribution is 2.47. The van der Waals surface area contributed by atoms with Crippen LogP contribution in [0.4, 0.5) is 0 Å². The highest BCUT2D eigenvalue weighted by molar-refractivity contribution is 4.91. The van der Waals surface area contributed by atoms with Crippen molar-refractivity contribution in [2.45, 2.75) is 72.1 Å². The van der Waals surface area contributed by atoms with Crippen LogP contribution in [-0.4, -0.2) is 13.1 Å². The van der Waals surface area contributed by atoms with E-state index in [9.17, 15) is 0 Å². The first kappa shape index (κ1) is 14.0. The molecule has 96 valence electrons. The van der Waals surface area contributed by atoms with E-state index < -0.39 is 0 Å². The molecule has 0 saturated heterocycles. The first-order valence-corrected chi connectivity index (χ1v) is 7.49. The Kier molecular flexibility index (Phi) is 6.41. The molecule has 0 bridgehead atoms. The number of hydrogen-bond acceptors (Lipinski definition) is 1. The summed E-state index contributed by atoms with van der Waals surface area (Å²) >= 11 is 0. The SMILES string of the molecule is CCCCC(CC)(CNCCC)C1CCC1. The smallest absolute Gasteiger partial charge is 0.00104 e. The Morgan fingerprint density at radius 3 is 2.31 bits per heavy atom. The summed E-state index contributed by atoms with van der Waals surface area (Å²) in [6.07, 6.45) is 11.3. The maximum Gasteiger partial charge on any atom is 0.00104 e. The van der Waals surface area contributed by atoms with E-state index in [1.54, 1.807) is 0 Å². The van der Waals surface area contributed by atoms with Crippen LogP contribution >= 0.6 is 0 Å². The summed E-state index contributed by atoms with van der Waals surface area (Å²) in [7, 11) is 0. The molecule has 0 radical (unpaired) electrons. The van der Waals surface area contributed by atoms with Crippen LogP contribution in [0.15, 0.2) is 0 Å². The third kappa shape index (κ3) is 3.48. The molecule has 1 saturated carbocycles. The van der Waals surface area contributed by atoms with Crippen molar-refractivity contribution in [1.29, 1.82) is 0 Å². The second-order valence-corrected chi connectivity index (χ2v) is 5.62. The zero-order valence-electron chi connectivity index (χ0n) is 11.6. The summed E-state index contributed by atoms with van der Waals surface area (Å²) < 4.78 is 0. The van der Waals surface area contributed by atoms with E-state index in [4.69, 9.17) is 0 Å². The lowest BCUT2D eigenvalue weighted by atomic mass is 9.61. The van der Waals surface area contributed by atoms with Gasteiger partial charge in [0.1, 0.15) is 0 Å². The first-order valence-electron chi connectivity index (χ1n) is 7.49. The van der Waals surface area contributed by atoms with Gasteiger partial charge >= 0.3 is 0 Å². The van der Waals surface area contributed by atoms with Gasteiger partial charge in [-0.25, -0.2) is 0 Å². The molecule has 1 atom stereocenters. The predicted molar refractivity (Wildman–Crippen MR) is 72.8 cm³/mol. The van der Waals surface area contributed by atoms with Crippen LogP contribution in [0.3, 0.4) is 0 Å². The van der Waals surface area contributed by atoms with Crippen LogP contribution in [0.2, 0.25) is 0 Å². The van der Waals surface area contributed by atoms with E-state index in [0.29, 0.717) is 5.41 Å². The second kappa shape index (κ2) is 7.32. The number of rotatable bonds is 9. The molecular weight excluding hydrogens is 194 g/mol. The minimum atomic E-state index is 0.628. The minimum Gasteiger partial charge on any atom is -0.316 e. The normalized spacial score (nSPS) is 20.4. The van der Waals surface area contributed by atoms with Crippen molar-refractivity contribution < 1.29 is 0 Å². The molecule has 1 aliphatic rings. The third-order valence-corrected chi connectivity index (χ3v) is 4.61. The monoisotopic (exact) mass is 225 g/mol. The summed E-state index contributed by atoms with van der Waals surface area (Å²) in [5, 5.41) is 3.68. The highest BCUT2D eigenvalue weighted by atomic mass is 14.9. The van der Waals surface area contributed by atoms with Crippen molar-refractivity contribution in [3.05, 3.63) is 0 Å². The molecule has 0 aromatic heterocycles. The molecule has 1 nitrogen and oxygen atoms in total. The van der Waals surface area contributed by atoms with E-state index in [2.05, 4.69) is 26.1 Å². The van der Waals surface area contributed by atoms with Gasteiger partial charge in [0.15, 0.2) is 0 Å². The minimum absolute atomic E-state index is 0.628. The van der Waals surface area contributed by atoms with Crippen LogP contribution in [0.25, 0.3) is 0 Å². The molecule has 1 heteroatoms. The van der Waals surface area contributed by atoms with Gasteiger partial charge in [0.25, 0.3) is 0 Å². The van der Waals surface area contributed by atoms with Crippen molar-refractivity contribution in [3.63, 3.8) is 0 Å². The Morgan fingerprint density at radius 2 is 1.88 bits per heavy atom. The number of hydrogen-bond donors (Lipinski definition) is 1. The molecular formula is C15H31N. The fourth-order valence-corrected chi connectivity index (χ4v) is 3.09. The van der Waals surface area contributed by atoms with E-state index in [-0.39, 0.29) is 0 Å². The van der Waals surface area contributed by atoms with Gasteiger partial charge in [-0.2, -0.15) is 0 Å². The third-order valence-electron chi connectivity index (χ3n) is 4.61. The van der Waals surface area contributed by atoms with Crippen molar-refractivity contribution in [3.8, 4) is 0 Å². The topological polar surface area (TPSA) is 12.0 Å². The van der Waals surface area contributed by atoms with Gasteiger partial charge in [0.05, 0.1) is 0 Å². The predicted octanol–water partition coefficient (Wildman–Crippen LogP) is 4.37. The van der Waals surface area contributed by atoms with Gasteiger partial charge in [-0.15, -0.1) is 0 Å². The average molecular weight is 225 g/mol. The molecule has 0 aliphatic heterocycles. The van der Waals surface area contributed by atoms with Gasteiger partial charge in [-0.1, -0.05) is 40.0 Å². The molecule has 1 N–H and O–H groups in total. The molecule has 1 aliphatic carbocycles. The summed E-state index contributed by atoms with van der Waals surface area (Å²) in [5.74, 6) is 1.02. The van der Waals surface area contributed by atoms with E-state index >= 15 is 0 Å². The molecule has 0 aromatic rings. The van der Waals surface area contributed by atoms with Gasteiger partial charge in [-0.3, -0.25) is 0 Å². The average Bonchev–Trinajstić information content (AvgIpc) is 2.23. The van der Waals surface area contributed by atoms with E-state index in [1.807, 2.05) is 0 Å². The van der Waals surface area contributed by atoms with Crippen LogP contribution in [-0.2, 0) is 0 Å². The summed E-state index contributed by atoms with van der Waals surface area (Å²) in [6, 6.07) is 0. The van der Waals surface area contributed by atoms with Crippen molar-refractivity contribution in [2.24, 2.45) is 11.3 Å². The zero-order chi connectivity index (χ0) is 11.9. The van der Waals surface area contributed by atoms with Gasteiger partial charge in [-0.05, 0) is 50.0 Å². The quantitative estimate of drug-likeness (QED) is 0.574. The molecule has 16 heavy (non-hydrogen) atoms. The zero-order valence-corrected chi connectivity index (χ0v) is 11.6. The number of nitrogens with one attached hydrogen (secondary N) is 1. The van der Waals surface area contributed by atoms with Crippen LogP contribution in [0.1, 0.15) is 72.1 Å². The van der Waals surface area contributed by atoms with Crippen LogP contribution in [0, 0.1) is 11.3 Å². The molecule has 1 fully saturated rings. The summed E-state index contributed by atoms with van der Waals surface area (Å²) in [5.41, 5.74) is 0.628. The lowest BCUT2D eigenvalue weighted by Gasteiger charge is -2.46. The fourth-order valence-electron chi connectivity index (χ4n) is 3.09. The Hall–Kier alpha value is -0.0400. The van der Waals surface area contributed by atoms with Gasteiger partial charge < -0.3 is 5.32 Å². The first-order chi connectivity index (χ1) is 7.79. The largest absolute Gasteiger partial charge is 0.316 e. The Morgan fingerprint density at radius 1 is 1.12 bits per heavy atom.